The van der Waals surface area contributed by atoms with Gasteiger partial charge in [-0.25, -0.2) is 9.59 Å². The normalized spacial score (nSPS) is 10.1. The molecule has 1 aromatic heterocycles. The topological polar surface area (TPSA) is 56.5 Å². The molecule has 0 saturated heterocycles. The van der Waals surface area contributed by atoms with Crippen LogP contribution in [0.5, 0.6) is 0 Å². The van der Waals surface area contributed by atoms with Gasteiger partial charge in [0.1, 0.15) is 11.3 Å². The molecule has 1 rings (SSSR count). The standard InChI is InChI=1S/C11H14O4/c1-4-5-8-6-9(12)15-7(2)10(8)11(13)14-3/h6H,4-5H2,1-3H3. The van der Waals surface area contributed by atoms with Gasteiger partial charge in [0.25, 0.3) is 0 Å². The van der Waals surface area contributed by atoms with Crippen molar-refractivity contribution in [2.24, 2.45) is 0 Å². The maximum absolute atomic E-state index is 11.5. The van der Waals surface area contributed by atoms with E-state index in [2.05, 4.69) is 4.74 Å². The SMILES string of the molecule is CCCc1cc(=O)oc(C)c1C(=O)OC. The van der Waals surface area contributed by atoms with Crippen molar-refractivity contribution in [3.63, 3.8) is 0 Å². The average molecular weight is 210 g/mol. The van der Waals surface area contributed by atoms with Crippen LogP contribution in [0.2, 0.25) is 0 Å². The predicted octanol–water partition coefficient (Wildman–Crippen LogP) is 1.69. The number of carbonyl (C=O) groups is 1. The number of carbonyl (C=O) groups excluding carboxylic acids is 1. The van der Waals surface area contributed by atoms with Crippen molar-refractivity contribution in [3.8, 4) is 0 Å². The van der Waals surface area contributed by atoms with Crippen LogP contribution >= 0.6 is 0 Å². The van der Waals surface area contributed by atoms with Crippen LogP contribution in [-0.4, -0.2) is 13.1 Å². The summed E-state index contributed by atoms with van der Waals surface area (Å²) < 4.78 is 9.50. The number of methoxy groups -OCH3 is 1. The summed E-state index contributed by atoms with van der Waals surface area (Å²) in [5, 5.41) is 0. The molecule has 15 heavy (non-hydrogen) atoms. The van der Waals surface area contributed by atoms with Crippen molar-refractivity contribution >= 4 is 5.97 Å². The van der Waals surface area contributed by atoms with Gasteiger partial charge < -0.3 is 9.15 Å². The Morgan fingerprint density at radius 2 is 2.20 bits per heavy atom. The quantitative estimate of drug-likeness (QED) is 0.712. The van der Waals surface area contributed by atoms with Gasteiger partial charge in [-0.15, -0.1) is 0 Å². The van der Waals surface area contributed by atoms with Gasteiger partial charge in [-0.1, -0.05) is 13.3 Å². The number of ether oxygens (including phenoxy) is 1. The average Bonchev–Trinajstić information content (AvgIpc) is 2.16. The number of aryl methyl sites for hydroxylation is 2. The van der Waals surface area contributed by atoms with Gasteiger partial charge in [0.15, 0.2) is 0 Å². The lowest BCUT2D eigenvalue weighted by atomic mass is 10.0. The summed E-state index contributed by atoms with van der Waals surface area (Å²) in [6, 6.07) is 1.35. The largest absolute Gasteiger partial charge is 0.465 e. The highest BCUT2D eigenvalue weighted by Gasteiger charge is 2.17. The smallest absolute Gasteiger partial charge is 0.341 e. The van der Waals surface area contributed by atoms with Crippen LogP contribution in [0.4, 0.5) is 0 Å². The molecule has 0 spiro atoms. The van der Waals surface area contributed by atoms with Crippen LogP contribution in [0.3, 0.4) is 0 Å². The summed E-state index contributed by atoms with van der Waals surface area (Å²) >= 11 is 0. The molecule has 0 radical (unpaired) electrons. The predicted molar refractivity (Wildman–Crippen MR) is 55.0 cm³/mol. The summed E-state index contributed by atoms with van der Waals surface area (Å²) in [6.45, 7) is 3.57. The molecule has 4 nitrogen and oxygen atoms in total. The van der Waals surface area contributed by atoms with E-state index in [1.165, 1.54) is 13.2 Å². The van der Waals surface area contributed by atoms with Gasteiger partial charge in [0, 0.05) is 6.07 Å². The third kappa shape index (κ3) is 2.46. The van der Waals surface area contributed by atoms with Crippen molar-refractivity contribution < 1.29 is 13.9 Å². The van der Waals surface area contributed by atoms with E-state index in [9.17, 15) is 9.59 Å². The fourth-order valence-corrected chi connectivity index (χ4v) is 1.52. The molecule has 0 bridgehead atoms. The van der Waals surface area contributed by atoms with Gasteiger partial charge in [0.2, 0.25) is 0 Å². The zero-order valence-electron chi connectivity index (χ0n) is 9.12. The fourth-order valence-electron chi connectivity index (χ4n) is 1.52. The molecule has 0 aromatic carbocycles. The Morgan fingerprint density at radius 3 is 2.73 bits per heavy atom. The van der Waals surface area contributed by atoms with Gasteiger partial charge in [-0.05, 0) is 18.9 Å². The van der Waals surface area contributed by atoms with E-state index in [1.807, 2.05) is 6.92 Å². The Labute approximate surface area is 87.9 Å². The molecule has 0 saturated carbocycles. The van der Waals surface area contributed by atoms with Crippen LogP contribution in [0, 0.1) is 6.92 Å². The monoisotopic (exact) mass is 210 g/mol. The van der Waals surface area contributed by atoms with Crippen molar-refractivity contribution in [1.29, 1.82) is 0 Å². The molecule has 0 aliphatic rings. The highest BCUT2D eigenvalue weighted by atomic mass is 16.5. The second kappa shape index (κ2) is 4.77. The summed E-state index contributed by atoms with van der Waals surface area (Å²) in [5.74, 6) is -0.141. The Balaban J connectivity index is 3.32. The van der Waals surface area contributed by atoms with E-state index in [0.717, 1.165) is 6.42 Å². The lowest BCUT2D eigenvalue weighted by Gasteiger charge is -2.07. The van der Waals surface area contributed by atoms with Crippen molar-refractivity contribution in [3.05, 3.63) is 33.4 Å². The number of esters is 1. The molecular formula is C11H14O4. The van der Waals surface area contributed by atoms with E-state index in [0.29, 0.717) is 23.3 Å². The van der Waals surface area contributed by atoms with Crippen LogP contribution in [0.1, 0.15) is 35.0 Å². The zero-order chi connectivity index (χ0) is 11.4. The minimum absolute atomic E-state index is 0.317. The summed E-state index contributed by atoms with van der Waals surface area (Å²) in [7, 11) is 1.31. The maximum Gasteiger partial charge on any atom is 0.341 e. The second-order valence-electron chi connectivity index (χ2n) is 3.26. The number of hydrogen-bond donors (Lipinski definition) is 0. The second-order valence-corrected chi connectivity index (χ2v) is 3.26. The van der Waals surface area contributed by atoms with E-state index >= 15 is 0 Å². The third-order valence-corrected chi connectivity index (χ3v) is 2.13. The molecule has 0 aliphatic heterocycles. The first-order valence-electron chi connectivity index (χ1n) is 4.82. The van der Waals surface area contributed by atoms with E-state index < -0.39 is 11.6 Å². The molecule has 82 valence electrons. The molecule has 0 N–H and O–H groups in total. The zero-order valence-corrected chi connectivity index (χ0v) is 9.12. The van der Waals surface area contributed by atoms with Gasteiger partial charge in [-0.3, -0.25) is 0 Å². The molecule has 0 aliphatic carbocycles. The van der Waals surface area contributed by atoms with Crippen molar-refractivity contribution in [2.45, 2.75) is 26.7 Å². The first-order chi connectivity index (χ1) is 7.10. The fraction of sp³-hybridized carbons (Fsp3) is 0.455. The van der Waals surface area contributed by atoms with Crippen molar-refractivity contribution in [2.75, 3.05) is 7.11 Å². The number of rotatable bonds is 3. The van der Waals surface area contributed by atoms with Crippen LogP contribution in [0.15, 0.2) is 15.3 Å². The van der Waals surface area contributed by atoms with Crippen molar-refractivity contribution in [1.82, 2.24) is 0 Å². The maximum atomic E-state index is 11.5. The highest BCUT2D eigenvalue weighted by Crippen LogP contribution is 2.14. The Bertz CT molecular complexity index is 417. The first kappa shape index (κ1) is 11.5. The lowest BCUT2D eigenvalue weighted by molar-refractivity contribution is 0.0595. The van der Waals surface area contributed by atoms with E-state index in [-0.39, 0.29) is 0 Å². The first-order valence-corrected chi connectivity index (χ1v) is 4.82. The van der Waals surface area contributed by atoms with Gasteiger partial charge in [0.05, 0.1) is 7.11 Å². The minimum atomic E-state index is -0.459. The molecule has 1 heterocycles. The molecule has 0 fully saturated rings. The van der Waals surface area contributed by atoms with Gasteiger partial charge in [-0.2, -0.15) is 0 Å². The Hall–Kier alpha value is -1.58. The third-order valence-electron chi connectivity index (χ3n) is 2.13. The van der Waals surface area contributed by atoms with Crippen LogP contribution in [0.25, 0.3) is 0 Å². The molecular weight excluding hydrogens is 196 g/mol. The highest BCUT2D eigenvalue weighted by molar-refractivity contribution is 5.91. The Kier molecular flexibility index (Phi) is 3.66. The van der Waals surface area contributed by atoms with Gasteiger partial charge >= 0.3 is 11.6 Å². The van der Waals surface area contributed by atoms with Crippen LogP contribution < -0.4 is 5.63 Å². The summed E-state index contributed by atoms with van der Waals surface area (Å²) in [4.78, 5) is 22.6. The molecule has 0 atom stereocenters. The molecule has 0 unspecified atom stereocenters. The number of hydrogen-bond acceptors (Lipinski definition) is 4. The molecule has 0 amide bonds. The minimum Gasteiger partial charge on any atom is -0.465 e. The van der Waals surface area contributed by atoms with E-state index in [4.69, 9.17) is 4.42 Å². The lowest BCUT2D eigenvalue weighted by Crippen LogP contribution is -2.13. The van der Waals surface area contributed by atoms with Crippen LogP contribution in [-0.2, 0) is 11.2 Å². The molecule has 4 heteroatoms. The Morgan fingerprint density at radius 1 is 1.53 bits per heavy atom. The summed E-state index contributed by atoms with van der Waals surface area (Å²) in [6.07, 6.45) is 1.52. The van der Waals surface area contributed by atoms with E-state index in [1.54, 1.807) is 6.92 Å². The summed E-state index contributed by atoms with van der Waals surface area (Å²) in [5.41, 5.74) is 0.639. The molecule has 1 aromatic rings.